The number of rotatable bonds is 1. The zero-order valence-electron chi connectivity index (χ0n) is 14.3. The smallest absolute Gasteiger partial charge is 0.224 e. The molecule has 0 saturated heterocycles. The summed E-state index contributed by atoms with van der Waals surface area (Å²) in [7, 11) is 0. The number of carbonyl (C=O) groups is 1. The number of fused-ring (bicyclic) bond motifs is 1. The van der Waals surface area contributed by atoms with Crippen molar-refractivity contribution in [3.8, 4) is 0 Å². The summed E-state index contributed by atoms with van der Waals surface area (Å²) in [5, 5.41) is 0. The van der Waals surface area contributed by atoms with E-state index in [4.69, 9.17) is 5.73 Å². The van der Waals surface area contributed by atoms with Crippen LogP contribution in [0.1, 0.15) is 45.2 Å². The summed E-state index contributed by atoms with van der Waals surface area (Å²) in [6, 6.07) is 16.4. The second kappa shape index (κ2) is 5.12. The molecule has 2 N–H and O–H groups in total. The number of anilines is 2. The number of nitrogen functional groups attached to an aromatic ring is 1. The van der Waals surface area contributed by atoms with Crippen LogP contribution in [0.5, 0.6) is 0 Å². The molecule has 1 amide bonds. The highest BCUT2D eigenvalue weighted by Crippen LogP contribution is 2.50. The van der Waals surface area contributed by atoms with Crippen LogP contribution in [-0.2, 0) is 10.2 Å². The van der Waals surface area contributed by atoms with Crippen molar-refractivity contribution in [1.82, 2.24) is 0 Å². The average molecular weight is 308 g/mol. The third-order valence-corrected chi connectivity index (χ3v) is 4.97. The lowest BCUT2D eigenvalue weighted by atomic mass is 9.65. The minimum atomic E-state index is -0.264. The zero-order valence-corrected chi connectivity index (χ0v) is 14.3. The van der Waals surface area contributed by atoms with Crippen molar-refractivity contribution in [2.45, 2.75) is 45.1 Å². The molecule has 0 fully saturated rings. The van der Waals surface area contributed by atoms with Crippen LogP contribution >= 0.6 is 0 Å². The summed E-state index contributed by atoms with van der Waals surface area (Å²) >= 11 is 0. The molecule has 2 aromatic rings. The molecule has 0 unspecified atom stereocenters. The first kappa shape index (κ1) is 15.6. The normalized spacial score (nSPS) is 22.5. The standard InChI is InChI=1S/C20H24N2O/c1-14(23)22-18-11-10-16(21)12-17(18)20(4,13-19(22,2)3)15-8-6-5-7-9-15/h5-12H,13,21H2,1-4H3/t20-/m0/s1. The van der Waals surface area contributed by atoms with Gasteiger partial charge in [-0.2, -0.15) is 0 Å². The van der Waals surface area contributed by atoms with Crippen molar-refractivity contribution >= 4 is 17.3 Å². The first-order valence-electron chi connectivity index (χ1n) is 8.02. The molecule has 1 aliphatic rings. The van der Waals surface area contributed by atoms with Gasteiger partial charge in [-0.05, 0) is 49.6 Å². The highest BCUT2D eigenvalue weighted by atomic mass is 16.2. The monoisotopic (exact) mass is 308 g/mol. The van der Waals surface area contributed by atoms with Gasteiger partial charge in [-0.25, -0.2) is 0 Å². The van der Waals surface area contributed by atoms with Crippen LogP contribution in [0.15, 0.2) is 48.5 Å². The largest absolute Gasteiger partial charge is 0.399 e. The van der Waals surface area contributed by atoms with E-state index in [-0.39, 0.29) is 16.9 Å². The summed E-state index contributed by atoms with van der Waals surface area (Å²) in [5.41, 5.74) is 9.70. The van der Waals surface area contributed by atoms with Crippen LogP contribution in [0.3, 0.4) is 0 Å². The summed E-state index contributed by atoms with van der Waals surface area (Å²) in [6.07, 6.45) is 0.847. The summed E-state index contributed by atoms with van der Waals surface area (Å²) < 4.78 is 0. The highest BCUT2D eigenvalue weighted by Gasteiger charge is 2.46. The SMILES string of the molecule is CC(=O)N1c2ccc(N)cc2[C@](C)(c2ccccc2)CC1(C)C. The molecule has 0 bridgehead atoms. The van der Waals surface area contributed by atoms with Gasteiger partial charge < -0.3 is 10.6 Å². The molecule has 0 aliphatic carbocycles. The fraction of sp³-hybridized carbons (Fsp3) is 0.350. The number of nitrogens with zero attached hydrogens (tertiary/aromatic N) is 1. The molecule has 1 aliphatic heterocycles. The molecule has 0 radical (unpaired) electrons. The van der Waals surface area contributed by atoms with E-state index in [1.807, 2.05) is 29.2 Å². The zero-order chi connectivity index (χ0) is 16.8. The molecular weight excluding hydrogens is 284 g/mol. The number of hydrogen-bond donors (Lipinski definition) is 1. The predicted molar refractivity (Wildman–Crippen MR) is 95.6 cm³/mol. The molecule has 0 spiro atoms. The second-order valence-corrected chi connectivity index (χ2v) is 7.32. The molecule has 23 heavy (non-hydrogen) atoms. The molecule has 2 aromatic carbocycles. The molecule has 1 heterocycles. The minimum Gasteiger partial charge on any atom is -0.399 e. The summed E-state index contributed by atoms with van der Waals surface area (Å²) in [4.78, 5) is 14.2. The van der Waals surface area contributed by atoms with E-state index >= 15 is 0 Å². The van der Waals surface area contributed by atoms with E-state index in [0.29, 0.717) is 0 Å². The van der Waals surface area contributed by atoms with Gasteiger partial charge in [0.1, 0.15) is 0 Å². The van der Waals surface area contributed by atoms with Gasteiger partial charge in [-0.1, -0.05) is 37.3 Å². The maximum absolute atomic E-state index is 12.3. The number of carbonyl (C=O) groups excluding carboxylic acids is 1. The Morgan fingerprint density at radius 3 is 2.35 bits per heavy atom. The van der Waals surface area contributed by atoms with Crippen molar-refractivity contribution in [3.05, 3.63) is 59.7 Å². The Hall–Kier alpha value is -2.29. The van der Waals surface area contributed by atoms with Gasteiger partial charge in [0.15, 0.2) is 0 Å². The number of hydrogen-bond acceptors (Lipinski definition) is 2. The third kappa shape index (κ3) is 2.40. The summed E-state index contributed by atoms with van der Waals surface area (Å²) in [5.74, 6) is 0.0659. The quantitative estimate of drug-likeness (QED) is 0.806. The molecule has 3 heteroatoms. The van der Waals surface area contributed by atoms with Crippen LogP contribution < -0.4 is 10.6 Å². The second-order valence-electron chi connectivity index (χ2n) is 7.32. The summed E-state index contributed by atoms with van der Waals surface area (Å²) in [6.45, 7) is 8.15. The average Bonchev–Trinajstić information content (AvgIpc) is 2.48. The number of nitrogens with two attached hydrogens (primary N) is 1. The first-order valence-corrected chi connectivity index (χ1v) is 8.02. The minimum absolute atomic E-state index is 0.0659. The van der Waals surface area contributed by atoms with Crippen LogP contribution in [0, 0.1) is 0 Å². The lowest BCUT2D eigenvalue weighted by molar-refractivity contribution is -0.117. The van der Waals surface area contributed by atoms with Gasteiger partial charge in [0.2, 0.25) is 5.91 Å². The van der Waals surface area contributed by atoms with E-state index in [1.54, 1.807) is 6.92 Å². The van der Waals surface area contributed by atoms with Crippen molar-refractivity contribution in [2.24, 2.45) is 0 Å². The molecule has 120 valence electrons. The molecule has 3 nitrogen and oxygen atoms in total. The maximum Gasteiger partial charge on any atom is 0.224 e. The van der Waals surface area contributed by atoms with Crippen molar-refractivity contribution in [1.29, 1.82) is 0 Å². The maximum atomic E-state index is 12.3. The topological polar surface area (TPSA) is 46.3 Å². The van der Waals surface area contributed by atoms with Crippen molar-refractivity contribution in [2.75, 3.05) is 10.6 Å². The van der Waals surface area contributed by atoms with Gasteiger partial charge in [0.25, 0.3) is 0 Å². The lowest BCUT2D eigenvalue weighted by Gasteiger charge is -2.51. The fourth-order valence-electron chi connectivity index (χ4n) is 4.22. The predicted octanol–water partition coefficient (Wildman–Crippen LogP) is 4.11. The molecular formula is C20H24N2O. The van der Waals surface area contributed by atoms with E-state index < -0.39 is 0 Å². The van der Waals surface area contributed by atoms with Crippen LogP contribution in [0.2, 0.25) is 0 Å². The van der Waals surface area contributed by atoms with Gasteiger partial charge in [0, 0.05) is 29.3 Å². The molecule has 3 rings (SSSR count). The Morgan fingerprint density at radius 1 is 1.09 bits per heavy atom. The van der Waals surface area contributed by atoms with Gasteiger partial charge in [0.05, 0.1) is 0 Å². The van der Waals surface area contributed by atoms with Crippen LogP contribution in [-0.4, -0.2) is 11.4 Å². The van der Waals surface area contributed by atoms with Crippen molar-refractivity contribution in [3.63, 3.8) is 0 Å². The first-order chi connectivity index (χ1) is 10.8. The van der Waals surface area contributed by atoms with E-state index in [9.17, 15) is 4.79 Å². The Morgan fingerprint density at radius 2 is 1.74 bits per heavy atom. The van der Waals surface area contributed by atoms with Crippen LogP contribution in [0.25, 0.3) is 0 Å². The Labute approximate surface area is 138 Å². The van der Waals surface area contributed by atoms with Gasteiger partial charge in [-0.3, -0.25) is 4.79 Å². The molecule has 0 saturated carbocycles. The Kier molecular flexibility index (Phi) is 3.47. The highest BCUT2D eigenvalue weighted by molar-refractivity contribution is 5.95. The van der Waals surface area contributed by atoms with E-state index in [1.165, 1.54) is 5.56 Å². The van der Waals surface area contributed by atoms with Crippen LogP contribution in [0.4, 0.5) is 11.4 Å². The Balaban J connectivity index is 2.30. The van der Waals surface area contributed by atoms with Gasteiger partial charge >= 0.3 is 0 Å². The van der Waals surface area contributed by atoms with Crippen molar-refractivity contribution < 1.29 is 4.79 Å². The fourth-order valence-corrected chi connectivity index (χ4v) is 4.22. The number of benzene rings is 2. The van der Waals surface area contributed by atoms with E-state index in [0.717, 1.165) is 23.4 Å². The third-order valence-electron chi connectivity index (χ3n) is 4.97. The van der Waals surface area contributed by atoms with E-state index in [2.05, 4.69) is 45.0 Å². The Bertz CT molecular complexity index is 751. The lowest BCUT2D eigenvalue weighted by Crippen LogP contribution is -2.55. The molecule has 1 atom stereocenters. The van der Waals surface area contributed by atoms with Gasteiger partial charge in [-0.15, -0.1) is 0 Å². The molecule has 0 aromatic heterocycles. The number of amides is 1.